The van der Waals surface area contributed by atoms with Gasteiger partial charge in [0.15, 0.2) is 0 Å². The Labute approximate surface area is 136 Å². The van der Waals surface area contributed by atoms with Gasteiger partial charge < -0.3 is 0 Å². The molecule has 2 N–H and O–H groups in total. The number of carbonyl (C=O) groups is 1. The molecule has 0 radical (unpaired) electrons. The first-order valence-corrected chi connectivity index (χ1v) is 7.98. The van der Waals surface area contributed by atoms with Gasteiger partial charge in [0.05, 0.1) is 9.82 Å². The van der Waals surface area contributed by atoms with Gasteiger partial charge >= 0.3 is 0 Å². The lowest BCUT2D eigenvalue weighted by Gasteiger charge is -2.08. The molecule has 2 rings (SSSR count). The molecular formula is C13H10ClN3O5S. The number of amides is 1. The monoisotopic (exact) mass is 355 g/mol. The molecule has 0 aromatic heterocycles. The number of carbonyl (C=O) groups excluding carboxylic acids is 1. The third kappa shape index (κ3) is 4.25. The summed E-state index contributed by atoms with van der Waals surface area (Å²) in [5, 5.41) is 10.9. The quantitative estimate of drug-likeness (QED) is 0.627. The molecule has 2 aromatic rings. The van der Waals surface area contributed by atoms with Crippen molar-refractivity contribution in [2.45, 2.75) is 4.90 Å². The van der Waals surface area contributed by atoms with Crippen LogP contribution in [0, 0.1) is 10.1 Å². The van der Waals surface area contributed by atoms with Crippen LogP contribution in [0.4, 0.5) is 5.69 Å². The predicted molar refractivity (Wildman–Crippen MR) is 82.3 cm³/mol. The second-order valence-electron chi connectivity index (χ2n) is 4.32. The fourth-order valence-electron chi connectivity index (χ4n) is 1.64. The van der Waals surface area contributed by atoms with Crippen LogP contribution >= 0.6 is 11.6 Å². The van der Waals surface area contributed by atoms with Gasteiger partial charge in [-0.25, -0.2) is 8.42 Å². The van der Waals surface area contributed by atoms with Crippen molar-refractivity contribution in [1.82, 2.24) is 10.3 Å². The van der Waals surface area contributed by atoms with Crippen LogP contribution in [0.15, 0.2) is 53.4 Å². The normalized spacial score (nSPS) is 11.0. The number of nitro groups is 1. The third-order valence-corrected chi connectivity index (χ3v) is 4.20. The molecule has 23 heavy (non-hydrogen) atoms. The minimum Gasteiger partial charge on any atom is -0.273 e. The summed E-state index contributed by atoms with van der Waals surface area (Å²) in [5.74, 6) is -0.834. The maximum Gasteiger partial charge on any atom is 0.270 e. The van der Waals surface area contributed by atoms with E-state index < -0.39 is 20.9 Å². The highest BCUT2D eigenvalue weighted by molar-refractivity contribution is 7.89. The Morgan fingerprint density at radius 1 is 1.13 bits per heavy atom. The third-order valence-electron chi connectivity index (χ3n) is 2.72. The number of nitrogens with one attached hydrogen (secondary N) is 2. The minimum absolute atomic E-state index is 0.0620. The van der Waals surface area contributed by atoms with Gasteiger partial charge in [0.25, 0.3) is 21.6 Å². The second-order valence-corrected chi connectivity index (χ2v) is 6.44. The number of halogens is 1. The summed E-state index contributed by atoms with van der Waals surface area (Å²) in [6.45, 7) is 0. The van der Waals surface area contributed by atoms with E-state index in [0.717, 1.165) is 6.07 Å². The molecular weight excluding hydrogens is 346 g/mol. The zero-order chi connectivity index (χ0) is 17.0. The summed E-state index contributed by atoms with van der Waals surface area (Å²) < 4.78 is 24.0. The van der Waals surface area contributed by atoms with Crippen LogP contribution in [0.3, 0.4) is 0 Å². The zero-order valence-corrected chi connectivity index (χ0v) is 13.0. The van der Waals surface area contributed by atoms with Crippen LogP contribution in [0.1, 0.15) is 10.4 Å². The first-order chi connectivity index (χ1) is 10.8. The zero-order valence-electron chi connectivity index (χ0n) is 11.4. The molecule has 1 amide bonds. The van der Waals surface area contributed by atoms with E-state index >= 15 is 0 Å². The molecule has 0 heterocycles. The molecule has 8 nitrogen and oxygen atoms in total. The molecule has 0 saturated carbocycles. The highest BCUT2D eigenvalue weighted by atomic mass is 35.5. The summed E-state index contributed by atoms with van der Waals surface area (Å²) in [4.78, 5) is 23.6. The molecule has 0 unspecified atom stereocenters. The van der Waals surface area contributed by atoms with Crippen LogP contribution < -0.4 is 10.3 Å². The number of rotatable bonds is 5. The molecule has 0 fully saturated rings. The number of hydrazine groups is 1. The lowest BCUT2D eigenvalue weighted by molar-refractivity contribution is -0.384. The van der Waals surface area contributed by atoms with E-state index in [4.69, 9.17) is 11.6 Å². The van der Waals surface area contributed by atoms with Crippen molar-refractivity contribution in [3.05, 3.63) is 69.2 Å². The molecule has 2 aromatic carbocycles. The van der Waals surface area contributed by atoms with Crippen molar-refractivity contribution in [1.29, 1.82) is 0 Å². The SMILES string of the molecule is O=C(NNS(=O)(=O)c1cccc(Cl)c1)c1cccc([N+](=O)[O-])c1. The predicted octanol–water partition coefficient (Wildman–Crippen LogP) is 1.87. The largest absolute Gasteiger partial charge is 0.273 e. The summed E-state index contributed by atoms with van der Waals surface area (Å²) in [5.41, 5.74) is 1.64. The first-order valence-electron chi connectivity index (χ1n) is 6.12. The number of hydrogen-bond donors (Lipinski definition) is 2. The number of non-ortho nitro benzene ring substituents is 1. The van der Waals surface area contributed by atoms with Crippen LogP contribution in [0.2, 0.25) is 5.02 Å². The van der Waals surface area contributed by atoms with Crippen LogP contribution in [0.5, 0.6) is 0 Å². The maximum absolute atomic E-state index is 12.0. The topological polar surface area (TPSA) is 118 Å². The number of nitrogens with zero attached hydrogens (tertiary/aromatic N) is 1. The van der Waals surface area contributed by atoms with Crippen LogP contribution in [0.25, 0.3) is 0 Å². The van der Waals surface area contributed by atoms with Gasteiger partial charge in [-0.2, -0.15) is 0 Å². The highest BCUT2D eigenvalue weighted by Gasteiger charge is 2.17. The highest BCUT2D eigenvalue weighted by Crippen LogP contribution is 2.15. The number of benzene rings is 2. The maximum atomic E-state index is 12.0. The fraction of sp³-hybridized carbons (Fsp3) is 0. The summed E-state index contributed by atoms with van der Waals surface area (Å²) in [7, 11) is -4.01. The van der Waals surface area contributed by atoms with Crippen molar-refractivity contribution >= 4 is 33.2 Å². The average molecular weight is 356 g/mol. The molecule has 120 valence electrons. The molecule has 0 atom stereocenters. The average Bonchev–Trinajstić information content (AvgIpc) is 2.53. The van der Waals surface area contributed by atoms with E-state index in [1.165, 1.54) is 42.5 Å². The van der Waals surface area contributed by atoms with Crippen molar-refractivity contribution in [2.24, 2.45) is 0 Å². The van der Waals surface area contributed by atoms with Crippen molar-refractivity contribution < 1.29 is 18.1 Å². The van der Waals surface area contributed by atoms with E-state index in [-0.39, 0.29) is 21.2 Å². The minimum atomic E-state index is -4.01. The lowest BCUT2D eigenvalue weighted by Crippen LogP contribution is -2.41. The van der Waals surface area contributed by atoms with E-state index in [1.807, 2.05) is 10.3 Å². The Balaban J connectivity index is 2.12. The summed E-state index contributed by atoms with van der Waals surface area (Å²) in [6.07, 6.45) is 0. The Hall–Kier alpha value is -2.49. The fourth-order valence-corrected chi connectivity index (χ4v) is 2.78. The first kappa shape index (κ1) is 16.9. The molecule has 0 aliphatic rings. The van der Waals surface area contributed by atoms with Gasteiger partial charge in [-0.15, -0.1) is 4.83 Å². The second kappa shape index (κ2) is 6.73. The molecule has 0 spiro atoms. The van der Waals surface area contributed by atoms with Gasteiger partial charge in [-0.05, 0) is 24.3 Å². The standard InChI is InChI=1S/C13H10ClN3O5S/c14-10-4-2-6-12(8-10)23(21,22)16-15-13(18)9-3-1-5-11(7-9)17(19)20/h1-8,16H,(H,15,18). The van der Waals surface area contributed by atoms with Crippen molar-refractivity contribution in [3.63, 3.8) is 0 Å². The van der Waals surface area contributed by atoms with Crippen molar-refractivity contribution in [3.8, 4) is 0 Å². The Morgan fingerprint density at radius 2 is 1.83 bits per heavy atom. The van der Waals surface area contributed by atoms with Gasteiger partial charge in [0, 0.05) is 22.7 Å². The van der Waals surface area contributed by atoms with Crippen LogP contribution in [-0.2, 0) is 10.0 Å². The molecule has 10 heteroatoms. The summed E-state index contributed by atoms with van der Waals surface area (Å²) >= 11 is 5.71. The molecule has 0 aliphatic carbocycles. The lowest BCUT2D eigenvalue weighted by atomic mass is 10.2. The van der Waals surface area contributed by atoms with E-state index in [0.29, 0.717) is 0 Å². The Morgan fingerprint density at radius 3 is 2.48 bits per heavy atom. The summed E-state index contributed by atoms with van der Waals surface area (Å²) in [6, 6.07) is 10.3. The van der Waals surface area contributed by atoms with E-state index in [9.17, 15) is 23.3 Å². The van der Waals surface area contributed by atoms with E-state index in [1.54, 1.807) is 0 Å². The van der Waals surface area contributed by atoms with Crippen molar-refractivity contribution in [2.75, 3.05) is 0 Å². The van der Waals surface area contributed by atoms with Gasteiger partial charge in [0.2, 0.25) is 0 Å². The molecule has 0 aliphatic heterocycles. The number of nitro benzene ring substituents is 1. The van der Waals surface area contributed by atoms with Gasteiger partial charge in [-0.3, -0.25) is 20.3 Å². The molecule has 0 bridgehead atoms. The Kier molecular flexibility index (Phi) is 4.94. The van der Waals surface area contributed by atoms with Gasteiger partial charge in [-0.1, -0.05) is 23.7 Å². The number of sulfonamides is 1. The number of hydrogen-bond acceptors (Lipinski definition) is 5. The molecule has 0 saturated heterocycles. The Bertz CT molecular complexity index is 869. The van der Waals surface area contributed by atoms with Crippen LogP contribution in [-0.4, -0.2) is 19.2 Å². The smallest absolute Gasteiger partial charge is 0.270 e. The van der Waals surface area contributed by atoms with Gasteiger partial charge in [0.1, 0.15) is 0 Å². The van der Waals surface area contributed by atoms with E-state index in [2.05, 4.69) is 0 Å².